The molecule has 9 heteroatoms. The molecule has 0 rings (SSSR count). The average Bonchev–Trinajstić information content (AvgIpc) is 2.22. The van der Waals surface area contributed by atoms with Crippen molar-refractivity contribution < 1.29 is 34.0 Å². The van der Waals surface area contributed by atoms with Crippen LogP contribution in [0.1, 0.15) is 0 Å². The first-order chi connectivity index (χ1) is 6.90. The van der Waals surface area contributed by atoms with Gasteiger partial charge in [-0.1, -0.05) is 0 Å². The van der Waals surface area contributed by atoms with Crippen molar-refractivity contribution in [3.05, 3.63) is 0 Å². The van der Waals surface area contributed by atoms with Gasteiger partial charge >= 0.3 is 10.5 Å². The highest BCUT2D eigenvalue weighted by atomic mass is 32.2. The predicted octanol–water partition coefficient (Wildman–Crippen LogP) is -3.52. The SMILES string of the molecule is O=S(=O)=NCC(O)C(O)C(O)C(O)CO. The molecule has 90 valence electrons. The van der Waals surface area contributed by atoms with Gasteiger partial charge < -0.3 is 25.5 Å². The average molecular weight is 243 g/mol. The van der Waals surface area contributed by atoms with E-state index < -0.39 is 48.1 Å². The zero-order valence-corrected chi connectivity index (χ0v) is 8.45. The van der Waals surface area contributed by atoms with Crippen LogP contribution < -0.4 is 0 Å². The highest BCUT2D eigenvalue weighted by Gasteiger charge is 2.29. The normalized spacial score (nSPS) is 19.0. The molecule has 0 spiro atoms. The van der Waals surface area contributed by atoms with E-state index in [4.69, 9.17) is 25.5 Å². The van der Waals surface area contributed by atoms with Crippen molar-refractivity contribution in [2.75, 3.05) is 13.2 Å². The van der Waals surface area contributed by atoms with E-state index in [1.165, 1.54) is 0 Å². The molecule has 0 fully saturated rings. The van der Waals surface area contributed by atoms with E-state index in [-0.39, 0.29) is 0 Å². The van der Waals surface area contributed by atoms with Crippen LogP contribution in [0.25, 0.3) is 0 Å². The van der Waals surface area contributed by atoms with Crippen molar-refractivity contribution in [2.45, 2.75) is 24.4 Å². The molecule has 5 N–H and O–H groups in total. The standard InChI is InChI=1S/C6H13NO7S/c8-2-4(10)6(12)5(11)3(9)1-7-15(13)14/h3-6,8-12H,1-2H2. The van der Waals surface area contributed by atoms with E-state index >= 15 is 0 Å². The number of hydrogen-bond donors (Lipinski definition) is 5. The second-order valence-electron chi connectivity index (χ2n) is 2.83. The summed E-state index contributed by atoms with van der Waals surface area (Å²) in [4.78, 5) is 0. The smallest absolute Gasteiger partial charge is 0.311 e. The van der Waals surface area contributed by atoms with Crippen LogP contribution in [-0.2, 0) is 10.5 Å². The molecule has 0 saturated heterocycles. The van der Waals surface area contributed by atoms with Gasteiger partial charge in [0.2, 0.25) is 0 Å². The summed E-state index contributed by atoms with van der Waals surface area (Å²) in [5, 5.41) is 44.7. The number of nitrogens with zero attached hydrogens (tertiary/aromatic N) is 1. The molecule has 0 aliphatic heterocycles. The van der Waals surface area contributed by atoms with Gasteiger partial charge in [-0.25, -0.2) is 0 Å². The molecule has 0 saturated carbocycles. The van der Waals surface area contributed by atoms with Crippen molar-refractivity contribution >= 4 is 10.5 Å². The molecular formula is C6H13NO7S. The van der Waals surface area contributed by atoms with Crippen molar-refractivity contribution in [3.63, 3.8) is 0 Å². The third kappa shape index (κ3) is 5.16. The van der Waals surface area contributed by atoms with Crippen LogP contribution in [0.2, 0.25) is 0 Å². The summed E-state index contributed by atoms with van der Waals surface area (Å²) in [6.45, 7) is -1.43. The Morgan fingerprint density at radius 3 is 1.87 bits per heavy atom. The molecule has 0 aromatic carbocycles. The summed E-state index contributed by atoms with van der Waals surface area (Å²) in [7, 11) is -2.72. The topological polar surface area (TPSA) is 148 Å². The maximum atomic E-state index is 9.97. The van der Waals surface area contributed by atoms with Crippen LogP contribution in [0.5, 0.6) is 0 Å². The number of aliphatic hydroxyl groups is 5. The van der Waals surface area contributed by atoms with E-state index in [1.807, 2.05) is 0 Å². The molecule has 0 radical (unpaired) electrons. The maximum Gasteiger partial charge on any atom is 0.311 e. The van der Waals surface area contributed by atoms with Gasteiger partial charge in [0.1, 0.15) is 24.4 Å². The number of aliphatic hydroxyl groups excluding tert-OH is 5. The molecule has 0 aliphatic carbocycles. The van der Waals surface area contributed by atoms with Gasteiger partial charge in [0.05, 0.1) is 13.2 Å². The minimum absolute atomic E-state index is 0.632. The van der Waals surface area contributed by atoms with E-state index in [0.29, 0.717) is 0 Å². The summed E-state index contributed by atoms with van der Waals surface area (Å²) < 4.78 is 22.8. The third-order valence-corrected chi connectivity index (χ3v) is 2.05. The Labute approximate surface area is 87.1 Å². The first-order valence-corrected chi connectivity index (χ1v) is 5.03. The van der Waals surface area contributed by atoms with E-state index in [9.17, 15) is 8.42 Å². The second kappa shape index (κ2) is 6.82. The fraction of sp³-hybridized carbons (Fsp3) is 1.00. The lowest BCUT2D eigenvalue weighted by atomic mass is 10.0. The van der Waals surface area contributed by atoms with Gasteiger partial charge in [0, 0.05) is 0 Å². The van der Waals surface area contributed by atoms with Crippen LogP contribution >= 0.6 is 0 Å². The van der Waals surface area contributed by atoms with Gasteiger partial charge in [0.25, 0.3) is 0 Å². The summed E-state index contributed by atoms with van der Waals surface area (Å²) in [6.07, 6.45) is -6.83. The van der Waals surface area contributed by atoms with Gasteiger partial charge in [-0.05, 0) is 0 Å². The molecule has 0 bridgehead atoms. The first kappa shape index (κ1) is 14.4. The fourth-order valence-corrected chi connectivity index (χ4v) is 1.08. The minimum atomic E-state index is -2.72. The fourth-order valence-electron chi connectivity index (χ4n) is 0.808. The lowest BCUT2D eigenvalue weighted by molar-refractivity contribution is -0.112. The Hall–Kier alpha value is -0.580. The predicted molar refractivity (Wildman–Crippen MR) is 47.3 cm³/mol. The molecule has 4 atom stereocenters. The van der Waals surface area contributed by atoms with Crippen molar-refractivity contribution in [1.82, 2.24) is 0 Å². The third-order valence-electron chi connectivity index (χ3n) is 1.69. The quantitative estimate of drug-likeness (QED) is 0.325. The van der Waals surface area contributed by atoms with Gasteiger partial charge in [-0.3, -0.25) is 0 Å². The van der Waals surface area contributed by atoms with Crippen LogP contribution in [0, 0.1) is 0 Å². The number of rotatable bonds is 6. The van der Waals surface area contributed by atoms with Crippen LogP contribution in [0.3, 0.4) is 0 Å². The Balaban J connectivity index is 4.30. The summed E-state index contributed by atoms with van der Waals surface area (Å²) in [5.41, 5.74) is 0. The Kier molecular flexibility index (Phi) is 6.56. The van der Waals surface area contributed by atoms with Crippen molar-refractivity contribution in [1.29, 1.82) is 0 Å². The van der Waals surface area contributed by atoms with Gasteiger partial charge in [-0.15, -0.1) is 0 Å². The zero-order chi connectivity index (χ0) is 12.0. The summed E-state index contributed by atoms with van der Waals surface area (Å²) in [5.74, 6) is 0. The van der Waals surface area contributed by atoms with Gasteiger partial charge in [0.15, 0.2) is 0 Å². The minimum Gasteiger partial charge on any atom is -0.394 e. The molecule has 0 aromatic rings. The molecular weight excluding hydrogens is 230 g/mol. The molecule has 8 nitrogen and oxygen atoms in total. The molecule has 0 heterocycles. The van der Waals surface area contributed by atoms with Crippen molar-refractivity contribution in [2.24, 2.45) is 4.36 Å². The summed E-state index contributed by atoms with van der Waals surface area (Å²) >= 11 is 0. The Bertz CT molecular complexity index is 295. The highest BCUT2D eigenvalue weighted by molar-refractivity contribution is 7.61. The number of hydrogen-bond acceptors (Lipinski definition) is 8. The summed E-state index contributed by atoms with van der Waals surface area (Å²) in [6, 6.07) is 0. The zero-order valence-electron chi connectivity index (χ0n) is 7.63. The Morgan fingerprint density at radius 2 is 1.47 bits per heavy atom. The largest absolute Gasteiger partial charge is 0.394 e. The lowest BCUT2D eigenvalue weighted by Crippen LogP contribution is -2.46. The lowest BCUT2D eigenvalue weighted by Gasteiger charge is -2.24. The molecule has 0 aromatic heterocycles. The van der Waals surface area contributed by atoms with E-state index in [2.05, 4.69) is 4.36 Å². The van der Waals surface area contributed by atoms with Crippen LogP contribution in [0.4, 0.5) is 0 Å². The van der Waals surface area contributed by atoms with Crippen molar-refractivity contribution in [3.8, 4) is 0 Å². The molecule has 0 amide bonds. The molecule has 0 aliphatic rings. The van der Waals surface area contributed by atoms with E-state index in [1.54, 1.807) is 0 Å². The molecule has 4 unspecified atom stereocenters. The highest BCUT2D eigenvalue weighted by Crippen LogP contribution is 2.05. The Morgan fingerprint density at radius 1 is 1.00 bits per heavy atom. The second-order valence-corrected chi connectivity index (χ2v) is 3.52. The first-order valence-electron chi connectivity index (χ1n) is 4.00. The molecule has 15 heavy (non-hydrogen) atoms. The van der Waals surface area contributed by atoms with E-state index in [0.717, 1.165) is 0 Å². The van der Waals surface area contributed by atoms with Gasteiger partial charge in [-0.2, -0.15) is 12.8 Å². The van der Waals surface area contributed by atoms with Crippen LogP contribution in [-0.4, -0.2) is 71.5 Å². The van der Waals surface area contributed by atoms with Crippen LogP contribution in [0.15, 0.2) is 4.36 Å². The maximum absolute atomic E-state index is 9.97. The monoisotopic (exact) mass is 243 g/mol.